The molecule has 1 amide bonds. The first-order valence-electron chi connectivity index (χ1n) is 7.25. The molecule has 0 saturated carbocycles. The van der Waals surface area contributed by atoms with Gasteiger partial charge in [-0.1, -0.05) is 61.5 Å². The van der Waals surface area contributed by atoms with Gasteiger partial charge in [-0.15, -0.1) is 0 Å². The van der Waals surface area contributed by atoms with Crippen molar-refractivity contribution in [2.45, 2.75) is 19.9 Å². The molecule has 0 aliphatic carbocycles. The van der Waals surface area contributed by atoms with Gasteiger partial charge in [0.1, 0.15) is 0 Å². The van der Waals surface area contributed by atoms with E-state index in [9.17, 15) is 4.79 Å². The Labute approximate surface area is 130 Å². The quantitative estimate of drug-likeness (QED) is 0.503. The highest BCUT2D eigenvalue weighted by Crippen LogP contribution is 2.19. The van der Waals surface area contributed by atoms with Crippen LogP contribution in [0.5, 0.6) is 0 Å². The number of carbonyl (C=O) groups is 1. The molecule has 0 aliphatic rings. The highest BCUT2D eigenvalue weighted by Gasteiger charge is 2.15. The third-order valence-corrected chi connectivity index (χ3v) is 3.50. The second kappa shape index (κ2) is 7.41. The van der Waals surface area contributed by atoms with Crippen LogP contribution < -0.4 is 5.32 Å². The summed E-state index contributed by atoms with van der Waals surface area (Å²) in [6.45, 7) is 3.90. The van der Waals surface area contributed by atoms with E-state index in [1.807, 2.05) is 56.3 Å². The molecule has 1 atom stereocenters. The van der Waals surface area contributed by atoms with Gasteiger partial charge >= 0.3 is 0 Å². The lowest BCUT2D eigenvalue weighted by Crippen LogP contribution is -2.39. The highest BCUT2D eigenvalue weighted by atomic mass is 16.4. The van der Waals surface area contributed by atoms with Crippen molar-refractivity contribution in [1.29, 1.82) is 0 Å². The smallest absolute Gasteiger partial charge is 0.251 e. The van der Waals surface area contributed by atoms with Gasteiger partial charge in [0.25, 0.3) is 5.91 Å². The van der Waals surface area contributed by atoms with Crippen molar-refractivity contribution in [2.24, 2.45) is 11.1 Å². The lowest BCUT2D eigenvalue weighted by Gasteiger charge is -2.17. The Balaban J connectivity index is 2.11. The van der Waals surface area contributed by atoms with Gasteiger partial charge in [0.05, 0.1) is 12.3 Å². The summed E-state index contributed by atoms with van der Waals surface area (Å²) in [7, 11) is 0. The topological polar surface area (TPSA) is 61.7 Å². The summed E-state index contributed by atoms with van der Waals surface area (Å²) < 4.78 is 0. The molecule has 0 saturated heterocycles. The molecule has 2 rings (SSSR count). The number of nitrogens with one attached hydrogen (secondary N) is 1. The first-order chi connectivity index (χ1) is 10.6. The Morgan fingerprint density at radius 3 is 2.18 bits per heavy atom. The molecule has 22 heavy (non-hydrogen) atoms. The maximum atomic E-state index is 12.2. The summed E-state index contributed by atoms with van der Waals surface area (Å²) in [4.78, 5) is 12.2. The fraction of sp³-hybridized carbons (Fsp3) is 0.222. The molecule has 4 heteroatoms. The lowest BCUT2D eigenvalue weighted by atomic mass is 10.0. The molecule has 114 valence electrons. The first kappa shape index (κ1) is 15.8. The van der Waals surface area contributed by atoms with E-state index >= 15 is 0 Å². The number of benzene rings is 2. The SMILES string of the molecule is CC(C)[C@@H](C=NO)NC(=O)c1ccc(-c2ccccc2)cc1. The van der Waals surface area contributed by atoms with E-state index in [0.717, 1.165) is 11.1 Å². The van der Waals surface area contributed by atoms with E-state index in [-0.39, 0.29) is 17.9 Å². The minimum Gasteiger partial charge on any atom is -0.411 e. The Morgan fingerprint density at radius 2 is 1.64 bits per heavy atom. The standard InChI is InChI=1S/C18H20N2O2/c1-13(2)17(12-19-22)20-18(21)16-10-8-15(9-11-16)14-6-4-3-5-7-14/h3-13,17,22H,1-2H3,(H,20,21)/t17-/m1/s1. The molecule has 2 aromatic carbocycles. The van der Waals surface area contributed by atoms with Crippen molar-refractivity contribution in [2.75, 3.05) is 0 Å². The zero-order valence-electron chi connectivity index (χ0n) is 12.7. The lowest BCUT2D eigenvalue weighted by molar-refractivity contribution is 0.0940. The minimum atomic E-state index is -0.300. The minimum absolute atomic E-state index is 0.142. The van der Waals surface area contributed by atoms with Crippen LogP contribution in [-0.2, 0) is 0 Å². The van der Waals surface area contributed by atoms with Gasteiger partial charge in [-0.25, -0.2) is 0 Å². The fourth-order valence-electron chi connectivity index (χ4n) is 2.13. The fourth-order valence-corrected chi connectivity index (χ4v) is 2.13. The largest absolute Gasteiger partial charge is 0.411 e. The molecule has 0 aromatic heterocycles. The van der Waals surface area contributed by atoms with E-state index in [2.05, 4.69) is 10.5 Å². The second-order valence-electron chi connectivity index (χ2n) is 5.45. The van der Waals surface area contributed by atoms with Crippen LogP contribution in [0.1, 0.15) is 24.2 Å². The predicted octanol–water partition coefficient (Wildman–Crippen LogP) is 3.57. The van der Waals surface area contributed by atoms with Crippen LogP contribution in [0, 0.1) is 5.92 Å². The molecule has 2 aromatic rings. The third kappa shape index (κ3) is 3.95. The van der Waals surface area contributed by atoms with Gasteiger partial charge in [0.15, 0.2) is 0 Å². The predicted molar refractivity (Wildman–Crippen MR) is 88.2 cm³/mol. The molecule has 0 spiro atoms. The number of nitrogens with zero attached hydrogens (tertiary/aromatic N) is 1. The Bertz CT molecular complexity index is 634. The van der Waals surface area contributed by atoms with Crippen LogP contribution in [0.15, 0.2) is 59.8 Å². The summed E-state index contributed by atoms with van der Waals surface area (Å²) in [6, 6.07) is 17.1. The van der Waals surface area contributed by atoms with Gasteiger partial charge < -0.3 is 10.5 Å². The van der Waals surface area contributed by atoms with Gasteiger partial charge in [0.2, 0.25) is 0 Å². The molecule has 0 aliphatic heterocycles. The first-order valence-corrected chi connectivity index (χ1v) is 7.25. The number of oxime groups is 1. The summed E-state index contributed by atoms with van der Waals surface area (Å²) in [5.74, 6) is -0.0401. The van der Waals surface area contributed by atoms with Crippen LogP contribution in [0.4, 0.5) is 0 Å². The van der Waals surface area contributed by atoms with E-state index in [4.69, 9.17) is 5.21 Å². The van der Waals surface area contributed by atoms with Gasteiger partial charge in [-0.2, -0.15) is 0 Å². The summed E-state index contributed by atoms with van der Waals surface area (Å²) in [6.07, 6.45) is 1.33. The molecule has 0 heterocycles. The average molecular weight is 296 g/mol. The highest BCUT2D eigenvalue weighted by molar-refractivity contribution is 5.96. The average Bonchev–Trinajstić information content (AvgIpc) is 2.55. The summed E-state index contributed by atoms with van der Waals surface area (Å²) in [5.41, 5.74) is 2.76. The normalized spacial score (nSPS) is 12.5. The third-order valence-electron chi connectivity index (χ3n) is 3.50. The van der Waals surface area contributed by atoms with Gasteiger partial charge in [-0.05, 0) is 29.2 Å². The van der Waals surface area contributed by atoms with Crippen molar-refractivity contribution < 1.29 is 10.0 Å². The molecule has 4 nitrogen and oxygen atoms in total. The number of carbonyl (C=O) groups excluding carboxylic acids is 1. The molecular weight excluding hydrogens is 276 g/mol. The van der Waals surface area contributed by atoms with Crippen LogP contribution in [-0.4, -0.2) is 23.4 Å². The molecule has 0 radical (unpaired) electrons. The van der Waals surface area contributed by atoms with Gasteiger partial charge in [-0.3, -0.25) is 4.79 Å². The van der Waals surface area contributed by atoms with Crippen LogP contribution in [0.3, 0.4) is 0 Å². The van der Waals surface area contributed by atoms with E-state index in [0.29, 0.717) is 5.56 Å². The number of hydrogen-bond acceptors (Lipinski definition) is 3. The van der Waals surface area contributed by atoms with E-state index in [1.54, 1.807) is 12.1 Å². The summed E-state index contributed by atoms with van der Waals surface area (Å²) >= 11 is 0. The van der Waals surface area contributed by atoms with Gasteiger partial charge in [0, 0.05) is 5.56 Å². The Kier molecular flexibility index (Phi) is 5.31. The van der Waals surface area contributed by atoms with E-state index in [1.165, 1.54) is 6.21 Å². The molecule has 0 unspecified atom stereocenters. The zero-order valence-corrected chi connectivity index (χ0v) is 12.7. The van der Waals surface area contributed by atoms with Crippen molar-refractivity contribution in [1.82, 2.24) is 5.32 Å². The van der Waals surface area contributed by atoms with E-state index < -0.39 is 0 Å². The van der Waals surface area contributed by atoms with Crippen LogP contribution >= 0.6 is 0 Å². The Hall–Kier alpha value is -2.62. The Morgan fingerprint density at radius 1 is 1.05 bits per heavy atom. The molecule has 0 fully saturated rings. The second-order valence-corrected chi connectivity index (χ2v) is 5.45. The number of rotatable bonds is 5. The molecular formula is C18H20N2O2. The number of hydrogen-bond donors (Lipinski definition) is 2. The van der Waals surface area contributed by atoms with Crippen molar-refractivity contribution in [3.63, 3.8) is 0 Å². The van der Waals surface area contributed by atoms with Crippen LogP contribution in [0.25, 0.3) is 11.1 Å². The molecule has 0 bridgehead atoms. The summed E-state index contributed by atoms with van der Waals surface area (Å²) in [5, 5.41) is 14.5. The maximum absolute atomic E-state index is 12.2. The van der Waals surface area contributed by atoms with Crippen molar-refractivity contribution >= 4 is 12.1 Å². The zero-order chi connectivity index (χ0) is 15.9. The van der Waals surface area contributed by atoms with Crippen molar-refractivity contribution in [3.8, 4) is 11.1 Å². The number of amides is 1. The monoisotopic (exact) mass is 296 g/mol. The van der Waals surface area contributed by atoms with Crippen LogP contribution in [0.2, 0.25) is 0 Å². The van der Waals surface area contributed by atoms with Crippen molar-refractivity contribution in [3.05, 3.63) is 60.2 Å². The maximum Gasteiger partial charge on any atom is 0.251 e. The molecule has 2 N–H and O–H groups in total.